The first-order chi connectivity index (χ1) is 9.19. The molecule has 0 aromatic carbocycles. The average molecular weight is 266 g/mol. The number of rotatable bonds is 9. The molecular weight excluding hydrogens is 240 g/mol. The molecule has 0 amide bonds. The molecule has 0 aliphatic heterocycles. The highest BCUT2D eigenvalue weighted by atomic mass is 16.5. The minimum Gasteiger partial charge on any atom is -0.385 e. The van der Waals surface area contributed by atoms with Gasteiger partial charge in [0.2, 0.25) is 0 Å². The summed E-state index contributed by atoms with van der Waals surface area (Å²) in [7, 11) is 1.72. The van der Waals surface area contributed by atoms with Crippen LogP contribution in [-0.4, -0.2) is 36.3 Å². The summed E-state index contributed by atoms with van der Waals surface area (Å²) in [5.74, 6) is 2.67. The number of methoxy groups -OCH3 is 1. The number of aromatic nitrogens is 2. The van der Waals surface area contributed by atoms with Gasteiger partial charge in [0.15, 0.2) is 0 Å². The fourth-order valence-electron chi connectivity index (χ4n) is 1.80. The van der Waals surface area contributed by atoms with Crippen LogP contribution in [0.4, 0.5) is 11.6 Å². The predicted octanol–water partition coefficient (Wildman–Crippen LogP) is 2.70. The van der Waals surface area contributed by atoms with E-state index in [9.17, 15) is 0 Å². The van der Waals surface area contributed by atoms with Crippen LogP contribution < -0.4 is 10.6 Å². The third-order valence-electron chi connectivity index (χ3n) is 2.75. The third-order valence-corrected chi connectivity index (χ3v) is 2.75. The van der Waals surface area contributed by atoms with Crippen molar-refractivity contribution in [1.82, 2.24) is 9.97 Å². The zero-order valence-electron chi connectivity index (χ0n) is 12.5. The van der Waals surface area contributed by atoms with Gasteiger partial charge in [0.25, 0.3) is 0 Å². The second-order valence-corrected chi connectivity index (χ2v) is 4.66. The van der Waals surface area contributed by atoms with E-state index < -0.39 is 0 Å². The van der Waals surface area contributed by atoms with Gasteiger partial charge >= 0.3 is 0 Å². The quantitative estimate of drug-likeness (QED) is 0.719. The van der Waals surface area contributed by atoms with Crippen LogP contribution in [0.2, 0.25) is 0 Å². The van der Waals surface area contributed by atoms with Crippen molar-refractivity contribution in [3.05, 3.63) is 11.9 Å². The third kappa shape index (κ3) is 5.87. The Balaban J connectivity index is 2.74. The van der Waals surface area contributed by atoms with Crippen molar-refractivity contribution in [2.75, 3.05) is 30.9 Å². The van der Waals surface area contributed by atoms with Crippen LogP contribution in [0.1, 0.15) is 39.4 Å². The molecule has 0 radical (unpaired) electrons. The lowest BCUT2D eigenvalue weighted by Gasteiger charge is -2.15. The van der Waals surface area contributed by atoms with E-state index in [4.69, 9.17) is 4.74 Å². The van der Waals surface area contributed by atoms with Crippen molar-refractivity contribution >= 4 is 11.6 Å². The second-order valence-electron chi connectivity index (χ2n) is 4.66. The van der Waals surface area contributed by atoms with Crippen molar-refractivity contribution < 1.29 is 4.74 Å². The molecule has 0 saturated carbocycles. The van der Waals surface area contributed by atoms with Gasteiger partial charge in [-0.1, -0.05) is 6.92 Å². The number of nitrogens with one attached hydrogen (secondary N) is 2. The molecule has 0 aliphatic rings. The number of anilines is 2. The Morgan fingerprint density at radius 2 is 2.00 bits per heavy atom. The van der Waals surface area contributed by atoms with E-state index in [2.05, 4.69) is 41.4 Å². The minimum atomic E-state index is 0.332. The van der Waals surface area contributed by atoms with Crippen LogP contribution in [0.3, 0.4) is 0 Å². The van der Waals surface area contributed by atoms with Crippen molar-refractivity contribution in [3.8, 4) is 0 Å². The van der Waals surface area contributed by atoms with E-state index in [1.807, 2.05) is 6.07 Å². The highest BCUT2D eigenvalue weighted by molar-refractivity contribution is 5.48. The van der Waals surface area contributed by atoms with Crippen LogP contribution in [0.25, 0.3) is 0 Å². The molecular formula is C14H26N4O. The first kappa shape index (κ1) is 15.7. The Morgan fingerprint density at radius 3 is 2.63 bits per heavy atom. The number of hydrogen-bond acceptors (Lipinski definition) is 5. The van der Waals surface area contributed by atoms with E-state index in [-0.39, 0.29) is 0 Å². The minimum absolute atomic E-state index is 0.332. The largest absolute Gasteiger partial charge is 0.385 e. The van der Waals surface area contributed by atoms with Crippen molar-refractivity contribution in [1.29, 1.82) is 0 Å². The van der Waals surface area contributed by atoms with E-state index >= 15 is 0 Å². The normalized spacial score (nSPS) is 12.2. The van der Waals surface area contributed by atoms with Crippen LogP contribution in [0.15, 0.2) is 6.07 Å². The van der Waals surface area contributed by atoms with Gasteiger partial charge in [-0.2, -0.15) is 0 Å². The summed E-state index contributed by atoms with van der Waals surface area (Å²) in [6.45, 7) is 7.95. The standard InChI is InChI=1S/C14H26N4O/c1-5-7-12-17-13(15-6-2)10-14(18-12)16-11(3)8-9-19-4/h10-11H,5-9H2,1-4H3,(H2,15,16,17,18). The van der Waals surface area contributed by atoms with Crippen LogP contribution in [0, 0.1) is 0 Å². The molecule has 1 aromatic rings. The van der Waals surface area contributed by atoms with Gasteiger partial charge in [-0.15, -0.1) is 0 Å². The lowest BCUT2D eigenvalue weighted by atomic mass is 10.2. The molecule has 1 unspecified atom stereocenters. The molecule has 0 saturated heterocycles. The van der Waals surface area contributed by atoms with Crippen LogP contribution in [0.5, 0.6) is 0 Å². The Bertz CT molecular complexity index is 346. The Kier molecular flexibility index (Phi) is 7.18. The monoisotopic (exact) mass is 266 g/mol. The first-order valence-electron chi connectivity index (χ1n) is 7.06. The summed E-state index contributed by atoms with van der Waals surface area (Å²) >= 11 is 0. The van der Waals surface area contributed by atoms with Crippen molar-refractivity contribution in [2.24, 2.45) is 0 Å². The van der Waals surface area contributed by atoms with Gasteiger partial charge in [0, 0.05) is 38.8 Å². The first-order valence-corrected chi connectivity index (χ1v) is 7.06. The summed E-state index contributed by atoms with van der Waals surface area (Å²) in [5, 5.41) is 6.65. The smallest absolute Gasteiger partial charge is 0.133 e. The molecule has 1 heterocycles. The number of hydrogen-bond donors (Lipinski definition) is 2. The molecule has 1 atom stereocenters. The lowest BCUT2D eigenvalue weighted by Crippen LogP contribution is -2.19. The molecule has 1 aromatic heterocycles. The van der Waals surface area contributed by atoms with E-state index in [1.54, 1.807) is 7.11 Å². The Labute approximate surface area is 116 Å². The Hall–Kier alpha value is -1.36. The van der Waals surface area contributed by atoms with Gasteiger partial charge in [0.05, 0.1) is 0 Å². The second kappa shape index (κ2) is 8.69. The summed E-state index contributed by atoms with van der Waals surface area (Å²) in [5.41, 5.74) is 0. The summed E-state index contributed by atoms with van der Waals surface area (Å²) in [6.07, 6.45) is 2.91. The van der Waals surface area contributed by atoms with E-state index in [0.717, 1.165) is 49.9 Å². The van der Waals surface area contributed by atoms with E-state index in [1.165, 1.54) is 0 Å². The molecule has 0 aliphatic carbocycles. The molecule has 5 nitrogen and oxygen atoms in total. The van der Waals surface area contributed by atoms with Gasteiger partial charge in [-0.3, -0.25) is 0 Å². The van der Waals surface area contributed by atoms with Gasteiger partial charge in [0.1, 0.15) is 17.5 Å². The van der Waals surface area contributed by atoms with Gasteiger partial charge in [-0.25, -0.2) is 9.97 Å². The zero-order valence-corrected chi connectivity index (χ0v) is 12.5. The Morgan fingerprint density at radius 1 is 1.26 bits per heavy atom. The van der Waals surface area contributed by atoms with Gasteiger partial charge < -0.3 is 15.4 Å². The molecule has 2 N–H and O–H groups in total. The van der Waals surface area contributed by atoms with Crippen molar-refractivity contribution in [2.45, 2.75) is 46.1 Å². The molecule has 5 heteroatoms. The maximum Gasteiger partial charge on any atom is 0.133 e. The van der Waals surface area contributed by atoms with Gasteiger partial charge in [-0.05, 0) is 26.7 Å². The topological polar surface area (TPSA) is 59.1 Å². The number of ether oxygens (including phenoxy) is 1. The predicted molar refractivity (Wildman–Crippen MR) is 79.8 cm³/mol. The SMILES string of the molecule is CCCc1nc(NCC)cc(NC(C)CCOC)n1. The van der Waals surface area contributed by atoms with Crippen molar-refractivity contribution in [3.63, 3.8) is 0 Å². The maximum absolute atomic E-state index is 5.09. The molecule has 0 spiro atoms. The fourth-order valence-corrected chi connectivity index (χ4v) is 1.80. The average Bonchev–Trinajstić information content (AvgIpc) is 2.37. The fraction of sp³-hybridized carbons (Fsp3) is 0.714. The summed E-state index contributed by atoms with van der Waals surface area (Å²) in [4.78, 5) is 9.05. The molecule has 0 fully saturated rings. The van der Waals surface area contributed by atoms with E-state index in [0.29, 0.717) is 6.04 Å². The highest BCUT2D eigenvalue weighted by Crippen LogP contribution is 2.14. The lowest BCUT2D eigenvalue weighted by molar-refractivity contribution is 0.191. The number of nitrogens with zero attached hydrogens (tertiary/aromatic N) is 2. The summed E-state index contributed by atoms with van der Waals surface area (Å²) < 4.78 is 5.09. The van der Waals surface area contributed by atoms with Crippen LogP contribution in [-0.2, 0) is 11.2 Å². The molecule has 108 valence electrons. The highest BCUT2D eigenvalue weighted by Gasteiger charge is 2.07. The molecule has 1 rings (SSSR count). The zero-order chi connectivity index (χ0) is 14.1. The van der Waals surface area contributed by atoms with Crippen LogP contribution >= 0.6 is 0 Å². The maximum atomic E-state index is 5.09. The molecule has 0 bridgehead atoms. The summed E-state index contributed by atoms with van der Waals surface area (Å²) in [6, 6.07) is 2.30. The number of aryl methyl sites for hydroxylation is 1. The molecule has 19 heavy (non-hydrogen) atoms.